The van der Waals surface area contributed by atoms with Gasteiger partial charge in [-0.05, 0) is 19.3 Å². The van der Waals surface area contributed by atoms with Crippen LogP contribution in [0.2, 0.25) is 0 Å². The molecule has 0 fully saturated rings. The standard InChI is InChI=1S/C9H13Cl/c1-2-3-4-5-6-7-8-9-10/h1,6-7H,3-5,8-9H2/b7-6+. The Balaban J connectivity index is 2.96. The first-order chi connectivity index (χ1) is 4.91. The Kier molecular flexibility index (Phi) is 8.24. The molecule has 0 spiro atoms. The summed E-state index contributed by atoms with van der Waals surface area (Å²) >= 11 is 5.46. The number of halogens is 1. The summed E-state index contributed by atoms with van der Waals surface area (Å²) in [4.78, 5) is 0. The van der Waals surface area contributed by atoms with Gasteiger partial charge in [0.25, 0.3) is 0 Å². The third kappa shape index (κ3) is 7.59. The van der Waals surface area contributed by atoms with E-state index in [0.29, 0.717) is 5.88 Å². The molecule has 0 saturated carbocycles. The first kappa shape index (κ1) is 9.59. The first-order valence-corrected chi connectivity index (χ1v) is 4.09. The molecule has 0 aliphatic heterocycles. The SMILES string of the molecule is C#CCCC/C=C/CCCl. The third-order valence-electron chi connectivity index (χ3n) is 1.13. The van der Waals surface area contributed by atoms with Gasteiger partial charge in [0.15, 0.2) is 0 Å². The average molecular weight is 157 g/mol. The highest BCUT2D eigenvalue weighted by atomic mass is 35.5. The maximum absolute atomic E-state index is 5.46. The maximum Gasteiger partial charge on any atom is 0.0257 e. The van der Waals surface area contributed by atoms with E-state index in [9.17, 15) is 0 Å². The lowest BCUT2D eigenvalue weighted by molar-refractivity contribution is 0.882. The molecular weight excluding hydrogens is 144 g/mol. The average Bonchev–Trinajstić information content (AvgIpc) is 1.97. The van der Waals surface area contributed by atoms with Crippen LogP contribution in [0.15, 0.2) is 12.2 Å². The molecule has 0 heterocycles. The van der Waals surface area contributed by atoms with Crippen molar-refractivity contribution in [3.05, 3.63) is 12.2 Å². The molecule has 0 unspecified atom stereocenters. The van der Waals surface area contributed by atoms with Gasteiger partial charge in [-0.15, -0.1) is 23.9 Å². The predicted octanol–water partition coefficient (Wildman–Crippen LogP) is 2.98. The van der Waals surface area contributed by atoms with E-state index >= 15 is 0 Å². The molecule has 0 bridgehead atoms. The van der Waals surface area contributed by atoms with Crippen LogP contribution in [-0.2, 0) is 0 Å². The van der Waals surface area contributed by atoms with Gasteiger partial charge in [0.05, 0.1) is 0 Å². The van der Waals surface area contributed by atoms with E-state index in [4.69, 9.17) is 18.0 Å². The summed E-state index contributed by atoms with van der Waals surface area (Å²) in [6.07, 6.45) is 13.3. The minimum Gasteiger partial charge on any atom is -0.126 e. The summed E-state index contributed by atoms with van der Waals surface area (Å²) < 4.78 is 0. The fourth-order valence-corrected chi connectivity index (χ4v) is 0.747. The van der Waals surface area contributed by atoms with Gasteiger partial charge >= 0.3 is 0 Å². The molecule has 0 aromatic carbocycles. The summed E-state index contributed by atoms with van der Waals surface area (Å²) in [5, 5.41) is 0. The summed E-state index contributed by atoms with van der Waals surface area (Å²) in [5.74, 6) is 3.31. The summed E-state index contributed by atoms with van der Waals surface area (Å²) in [7, 11) is 0. The molecular formula is C9H13Cl. The van der Waals surface area contributed by atoms with Crippen molar-refractivity contribution < 1.29 is 0 Å². The van der Waals surface area contributed by atoms with E-state index in [1.165, 1.54) is 0 Å². The van der Waals surface area contributed by atoms with E-state index in [-0.39, 0.29) is 0 Å². The fourth-order valence-electron chi connectivity index (χ4n) is 0.621. The van der Waals surface area contributed by atoms with E-state index < -0.39 is 0 Å². The van der Waals surface area contributed by atoms with Crippen LogP contribution in [0.5, 0.6) is 0 Å². The van der Waals surface area contributed by atoms with Crippen LogP contribution >= 0.6 is 11.6 Å². The Bertz CT molecular complexity index is 119. The number of allylic oxidation sites excluding steroid dienone is 2. The van der Waals surface area contributed by atoms with Crippen LogP contribution in [0.25, 0.3) is 0 Å². The zero-order valence-electron chi connectivity index (χ0n) is 6.15. The van der Waals surface area contributed by atoms with Gasteiger partial charge in [0.2, 0.25) is 0 Å². The second-order valence-corrected chi connectivity index (χ2v) is 2.42. The molecule has 1 heteroatoms. The number of hydrogen-bond donors (Lipinski definition) is 0. The van der Waals surface area contributed by atoms with E-state index in [0.717, 1.165) is 25.7 Å². The van der Waals surface area contributed by atoms with Gasteiger partial charge in [0.1, 0.15) is 0 Å². The van der Waals surface area contributed by atoms with Crippen molar-refractivity contribution in [3.63, 3.8) is 0 Å². The van der Waals surface area contributed by atoms with Crippen LogP contribution in [0.4, 0.5) is 0 Å². The van der Waals surface area contributed by atoms with Crippen molar-refractivity contribution in [2.45, 2.75) is 25.7 Å². The van der Waals surface area contributed by atoms with Crippen molar-refractivity contribution >= 4 is 11.6 Å². The largest absolute Gasteiger partial charge is 0.126 e. The predicted molar refractivity (Wildman–Crippen MR) is 47.2 cm³/mol. The molecule has 0 aromatic heterocycles. The lowest BCUT2D eigenvalue weighted by atomic mass is 10.2. The van der Waals surface area contributed by atoms with Gasteiger partial charge < -0.3 is 0 Å². The van der Waals surface area contributed by atoms with Crippen molar-refractivity contribution in [2.75, 3.05) is 5.88 Å². The van der Waals surface area contributed by atoms with Crippen LogP contribution in [-0.4, -0.2) is 5.88 Å². The Labute approximate surface area is 68.3 Å². The number of alkyl halides is 1. The minimum atomic E-state index is 0.714. The number of hydrogen-bond acceptors (Lipinski definition) is 0. The molecule has 0 radical (unpaired) electrons. The van der Waals surface area contributed by atoms with Crippen LogP contribution < -0.4 is 0 Å². The maximum atomic E-state index is 5.46. The van der Waals surface area contributed by atoms with E-state index in [2.05, 4.69) is 18.1 Å². The van der Waals surface area contributed by atoms with E-state index in [1.807, 2.05) is 0 Å². The summed E-state index contributed by atoms with van der Waals surface area (Å²) in [5.41, 5.74) is 0. The molecule has 56 valence electrons. The topological polar surface area (TPSA) is 0 Å². The molecule has 0 N–H and O–H groups in total. The molecule has 0 atom stereocenters. The lowest BCUT2D eigenvalue weighted by Crippen LogP contribution is -1.70. The minimum absolute atomic E-state index is 0.714. The molecule has 0 aliphatic rings. The summed E-state index contributed by atoms with van der Waals surface area (Å²) in [6.45, 7) is 0. The first-order valence-electron chi connectivity index (χ1n) is 3.56. The number of terminal acetylenes is 1. The van der Waals surface area contributed by atoms with Crippen molar-refractivity contribution in [2.24, 2.45) is 0 Å². The molecule has 10 heavy (non-hydrogen) atoms. The number of unbranched alkanes of at least 4 members (excludes halogenated alkanes) is 2. The molecule has 0 nitrogen and oxygen atoms in total. The van der Waals surface area contributed by atoms with Crippen molar-refractivity contribution in [1.82, 2.24) is 0 Å². The highest BCUT2D eigenvalue weighted by Gasteiger charge is 1.78. The highest BCUT2D eigenvalue weighted by Crippen LogP contribution is 1.96. The van der Waals surface area contributed by atoms with Crippen molar-refractivity contribution in [3.8, 4) is 12.3 Å². The van der Waals surface area contributed by atoms with E-state index in [1.54, 1.807) is 0 Å². The van der Waals surface area contributed by atoms with Gasteiger partial charge in [-0.1, -0.05) is 12.2 Å². The zero-order valence-corrected chi connectivity index (χ0v) is 6.90. The van der Waals surface area contributed by atoms with Crippen molar-refractivity contribution in [1.29, 1.82) is 0 Å². The van der Waals surface area contributed by atoms with Gasteiger partial charge in [-0.25, -0.2) is 0 Å². The molecule has 0 aromatic rings. The quantitative estimate of drug-likeness (QED) is 0.249. The summed E-state index contributed by atoms with van der Waals surface area (Å²) in [6, 6.07) is 0. The molecule has 0 saturated heterocycles. The Morgan fingerprint density at radius 1 is 1.30 bits per heavy atom. The Morgan fingerprint density at radius 3 is 2.60 bits per heavy atom. The number of rotatable bonds is 5. The normalized spacial score (nSPS) is 10.0. The molecule has 0 amide bonds. The highest BCUT2D eigenvalue weighted by molar-refractivity contribution is 6.17. The molecule has 0 rings (SSSR count). The second kappa shape index (κ2) is 8.59. The monoisotopic (exact) mass is 156 g/mol. The second-order valence-electron chi connectivity index (χ2n) is 2.05. The third-order valence-corrected chi connectivity index (χ3v) is 1.35. The Hall–Kier alpha value is -0.410. The Morgan fingerprint density at radius 2 is 2.00 bits per heavy atom. The smallest absolute Gasteiger partial charge is 0.0257 e. The fraction of sp³-hybridized carbons (Fsp3) is 0.556. The molecule has 0 aliphatic carbocycles. The zero-order chi connectivity index (χ0) is 7.66. The van der Waals surface area contributed by atoms with Crippen LogP contribution in [0.1, 0.15) is 25.7 Å². The van der Waals surface area contributed by atoms with Gasteiger partial charge in [-0.3, -0.25) is 0 Å². The van der Waals surface area contributed by atoms with Gasteiger partial charge in [-0.2, -0.15) is 0 Å². The van der Waals surface area contributed by atoms with Crippen LogP contribution in [0, 0.1) is 12.3 Å². The van der Waals surface area contributed by atoms with Gasteiger partial charge in [0, 0.05) is 12.3 Å². The van der Waals surface area contributed by atoms with Crippen LogP contribution in [0.3, 0.4) is 0 Å². The lowest BCUT2D eigenvalue weighted by Gasteiger charge is -1.86.